The van der Waals surface area contributed by atoms with Gasteiger partial charge in [0.25, 0.3) is 0 Å². The SMILES string of the molecule is CO/N=C(/C)[C@]1(O)CC[C@H]2[C@@H]3CC[C@@H]4C[C@H](O)CC[C@]4(C)[C@H]3CC[C@@]21C. The summed E-state index contributed by atoms with van der Waals surface area (Å²) in [6.07, 6.45) is 9.82. The summed E-state index contributed by atoms with van der Waals surface area (Å²) in [4.78, 5) is 5.01. The number of hydrogen-bond acceptors (Lipinski definition) is 4. The Morgan fingerprint density at radius 2 is 1.73 bits per heavy atom. The van der Waals surface area contributed by atoms with Crippen LogP contribution >= 0.6 is 0 Å². The highest BCUT2D eigenvalue weighted by atomic mass is 16.6. The molecule has 0 amide bonds. The molecule has 0 aliphatic heterocycles. The van der Waals surface area contributed by atoms with Crippen LogP contribution in [0.1, 0.15) is 78.6 Å². The van der Waals surface area contributed by atoms with Crippen molar-refractivity contribution in [1.82, 2.24) is 0 Å². The van der Waals surface area contributed by atoms with Gasteiger partial charge in [0.15, 0.2) is 0 Å². The number of aliphatic hydroxyl groups is 2. The third-order valence-electron chi connectivity index (χ3n) is 9.62. The molecular weight excluding hydrogens is 326 g/mol. The zero-order chi connectivity index (χ0) is 18.7. The van der Waals surface area contributed by atoms with E-state index in [9.17, 15) is 10.2 Å². The predicted octanol–water partition coefficient (Wildman–Crippen LogP) is 4.14. The van der Waals surface area contributed by atoms with Gasteiger partial charge in [0, 0.05) is 5.41 Å². The molecule has 4 rings (SSSR count). The van der Waals surface area contributed by atoms with Gasteiger partial charge in [0.05, 0.1) is 11.8 Å². The molecule has 0 aromatic heterocycles. The highest BCUT2D eigenvalue weighted by molar-refractivity contribution is 5.91. The standard InChI is InChI=1S/C22H37NO3/c1-14(23-26-4)22(25)12-9-19-17-6-5-15-13-16(24)7-10-20(15,2)18(17)8-11-21(19,22)3/h15-19,24-25H,5-13H2,1-4H3/b23-14-/t15-,16-,17-,18+,19+,20+,21+,22-/m1/s1. The summed E-state index contributed by atoms with van der Waals surface area (Å²) < 4.78 is 0. The summed E-state index contributed by atoms with van der Waals surface area (Å²) in [5, 5.41) is 25.9. The molecule has 0 aromatic carbocycles. The average Bonchev–Trinajstić information content (AvgIpc) is 2.88. The van der Waals surface area contributed by atoms with Crippen LogP contribution in [0.2, 0.25) is 0 Å². The van der Waals surface area contributed by atoms with E-state index >= 15 is 0 Å². The van der Waals surface area contributed by atoms with Crippen LogP contribution < -0.4 is 0 Å². The molecule has 0 bridgehead atoms. The largest absolute Gasteiger partial charge is 0.399 e. The number of hydrogen-bond donors (Lipinski definition) is 2. The Labute approximate surface area is 158 Å². The summed E-state index contributed by atoms with van der Waals surface area (Å²) in [5.74, 6) is 2.75. The quantitative estimate of drug-likeness (QED) is 0.572. The fourth-order valence-electron chi connectivity index (χ4n) is 8.06. The Morgan fingerprint density at radius 3 is 2.46 bits per heavy atom. The van der Waals surface area contributed by atoms with E-state index < -0.39 is 5.60 Å². The number of aliphatic hydroxyl groups excluding tert-OH is 1. The van der Waals surface area contributed by atoms with Crippen LogP contribution in [0.3, 0.4) is 0 Å². The van der Waals surface area contributed by atoms with Gasteiger partial charge in [-0.25, -0.2) is 0 Å². The van der Waals surface area contributed by atoms with Gasteiger partial charge < -0.3 is 15.1 Å². The first-order valence-corrected chi connectivity index (χ1v) is 10.7. The number of nitrogens with zero attached hydrogens (tertiary/aromatic N) is 1. The molecule has 0 radical (unpaired) electrons. The molecule has 0 unspecified atom stereocenters. The van der Waals surface area contributed by atoms with E-state index in [0.29, 0.717) is 17.3 Å². The van der Waals surface area contributed by atoms with Crippen LogP contribution in [0.5, 0.6) is 0 Å². The fourth-order valence-corrected chi connectivity index (χ4v) is 8.06. The second-order valence-corrected chi connectivity index (χ2v) is 10.3. The predicted molar refractivity (Wildman–Crippen MR) is 103 cm³/mol. The summed E-state index contributed by atoms with van der Waals surface area (Å²) in [7, 11) is 1.57. The first kappa shape index (κ1) is 18.7. The first-order valence-electron chi connectivity index (χ1n) is 10.7. The van der Waals surface area contributed by atoms with E-state index in [2.05, 4.69) is 19.0 Å². The van der Waals surface area contributed by atoms with Crippen LogP contribution in [0, 0.1) is 34.5 Å². The molecule has 4 fully saturated rings. The van der Waals surface area contributed by atoms with Crippen molar-refractivity contribution in [2.75, 3.05) is 7.11 Å². The maximum atomic E-state index is 11.6. The van der Waals surface area contributed by atoms with Gasteiger partial charge in [-0.15, -0.1) is 0 Å². The molecule has 4 nitrogen and oxygen atoms in total. The summed E-state index contributed by atoms with van der Waals surface area (Å²) in [6.45, 7) is 6.76. The van der Waals surface area contributed by atoms with Crippen LogP contribution in [0.4, 0.5) is 0 Å². The molecule has 0 heterocycles. The Balaban J connectivity index is 1.63. The lowest BCUT2D eigenvalue weighted by molar-refractivity contribution is -0.143. The van der Waals surface area contributed by atoms with E-state index in [1.54, 1.807) is 7.11 Å². The van der Waals surface area contributed by atoms with E-state index in [0.717, 1.165) is 49.7 Å². The van der Waals surface area contributed by atoms with Crippen LogP contribution in [0.15, 0.2) is 5.16 Å². The van der Waals surface area contributed by atoms with E-state index in [-0.39, 0.29) is 11.5 Å². The summed E-state index contributed by atoms with van der Waals surface area (Å²) in [5.41, 5.74) is 0.237. The normalized spacial score (nSPS) is 54.2. The average molecular weight is 364 g/mol. The van der Waals surface area contributed by atoms with Crippen molar-refractivity contribution in [3.05, 3.63) is 0 Å². The molecule has 2 N–H and O–H groups in total. The molecule has 0 spiro atoms. The van der Waals surface area contributed by atoms with Crippen molar-refractivity contribution in [1.29, 1.82) is 0 Å². The highest BCUT2D eigenvalue weighted by Gasteiger charge is 2.65. The molecule has 4 aliphatic carbocycles. The fraction of sp³-hybridized carbons (Fsp3) is 0.955. The lowest BCUT2D eigenvalue weighted by Gasteiger charge is -2.61. The van der Waals surface area contributed by atoms with Crippen molar-refractivity contribution < 1.29 is 15.1 Å². The van der Waals surface area contributed by atoms with Gasteiger partial charge in [-0.05, 0) is 93.8 Å². The number of rotatable bonds is 2. The van der Waals surface area contributed by atoms with E-state index in [1.807, 2.05) is 6.92 Å². The molecule has 148 valence electrons. The Hall–Kier alpha value is -0.610. The lowest BCUT2D eigenvalue weighted by atomic mass is 9.44. The maximum Gasteiger partial charge on any atom is 0.111 e. The smallest absolute Gasteiger partial charge is 0.111 e. The molecule has 0 saturated heterocycles. The van der Waals surface area contributed by atoms with Gasteiger partial charge >= 0.3 is 0 Å². The van der Waals surface area contributed by atoms with Crippen molar-refractivity contribution in [2.24, 2.45) is 39.7 Å². The van der Waals surface area contributed by atoms with E-state index in [1.165, 1.54) is 25.7 Å². The minimum absolute atomic E-state index is 0.0806. The van der Waals surface area contributed by atoms with E-state index in [4.69, 9.17) is 4.84 Å². The molecule has 8 atom stereocenters. The summed E-state index contributed by atoms with van der Waals surface area (Å²) >= 11 is 0. The second kappa shape index (κ2) is 6.20. The van der Waals surface area contributed by atoms with Crippen molar-refractivity contribution in [3.8, 4) is 0 Å². The van der Waals surface area contributed by atoms with Gasteiger partial charge in [0.2, 0.25) is 0 Å². The zero-order valence-corrected chi connectivity index (χ0v) is 17.0. The van der Waals surface area contributed by atoms with Crippen LogP contribution in [-0.4, -0.2) is 34.7 Å². The lowest BCUT2D eigenvalue weighted by Crippen LogP contribution is -2.58. The zero-order valence-electron chi connectivity index (χ0n) is 17.0. The minimum Gasteiger partial charge on any atom is -0.399 e. The maximum absolute atomic E-state index is 11.6. The highest BCUT2D eigenvalue weighted by Crippen LogP contribution is 2.68. The Kier molecular flexibility index (Phi) is 4.47. The molecule has 4 aliphatic rings. The Morgan fingerprint density at radius 1 is 1.00 bits per heavy atom. The molecule has 4 saturated carbocycles. The molecule has 0 aromatic rings. The van der Waals surface area contributed by atoms with Crippen molar-refractivity contribution >= 4 is 5.71 Å². The topological polar surface area (TPSA) is 62.0 Å². The third kappa shape index (κ3) is 2.37. The number of oxime groups is 1. The van der Waals surface area contributed by atoms with Crippen molar-refractivity contribution in [2.45, 2.75) is 90.3 Å². The molecule has 4 heteroatoms. The van der Waals surface area contributed by atoms with Gasteiger partial charge in [-0.2, -0.15) is 0 Å². The van der Waals surface area contributed by atoms with Crippen LogP contribution in [-0.2, 0) is 4.84 Å². The monoisotopic (exact) mass is 363 g/mol. The summed E-state index contributed by atoms with van der Waals surface area (Å²) in [6, 6.07) is 0. The van der Waals surface area contributed by atoms with Crippen LogP contribution in [0.25, 0.3) is 0 Å². The van der Waals surface area contributed by atoms with Gasteiger partial charge in [-0.1, -0.05) is 19.0 Å². The second-order valence-electron chi connectivity index (χ2n) is 10.3. The molecular formula is C22H37NO3. The molecule has 26 heavy (non-hydrogen) atoms. The number of fused-ring (bicyclic) bond motifs is 5. The van der Waals surface area contributed by atoms with Gasteiger partial charge in [0.1, 0.15) is 12.7 Å². The van der Waals surface area contributed by atoms with Gasteiger partial charge in [-0.3, -0.25) is 0 Å². The third-order valence-corrected chi connectivity index (χ3v) is 9.62. The first-order chi connectivity index (χ1) is 12.3. The minimum atomic E-state index is -0.820. The van der Waals surface area contributed by atoms with Crippen molar-refractivity contribution in [3.63, 3.8) is 0 Å². The Bertz CT molecular complexity index is 592.